The molecule has 5 unspecified atom stereocenters. The maximum Gasteiger partial charge on any atom is 0.326 e. The third kappa shape index (κ3) is 13.3. The zero-order chi connectivity index (χ0) is 28.0. The first-order chi connectivity index (χ1) is 16.7. The number of carboxylic acid groups (broad SMARTS) is 1. The van der Waals surface area contributed by atoms with E-state index in [-0.39, 0.29) is 43.1 Å². The number of carbonyl (C=O) groups excluding carboxylic acids is 3. The van der Waals surface area contributed by atoms with Crippen LogP contribution in [-0.2, 0) is 19.2 Å². The van der Waals surface area contributed by atoms with Gasteiger partial charge < -0.3 is 38.3 Å². The van der Waals surface area contributed by atoms with Gasteiger partial charge in [-0.3, -0.25) is 19.4 Å². The molecule has 0 aliphatic heterocycles. The molecule has 0 rings (SSSR count). The second-order valence-corrected chi connectivity index (χ2v) is 10.1. The molecule has 12 nitrogen and oxygen atoms in total. The third-order valence-corrected chi connectivity index (χ3v) is 5.76. The Morgan fingerprint density at radius 1 is 0.833 bits per heavy atom. The van der Waals surface area contributed by atoms with E-state index in [1.165, 1.54) is 0 Å². The van der Waals surface area contributed by atoms with E-state index in [9.17, 15) is 24.3 Å². The monoisotopic (exact) mass is 513 g/mol. The second kappa shape index (κ2) is 16.7. The quantitative estimate of drug-likeness (QED) is 0.0798. The highest BCUT2D eigenvalue weighted by Gasteiger charge is 2.32. The van der Waals surface area contributed by atoms with Crippen molar-refractivity contribution in [3.05, 3.63) is 0 Å². The van der Waals surface area contributed by atoms with E-state index >= 15 is 0 Å². The fourth-order valence-corrected chi connectivity index (χ4v) is 3.57. The highest BCUT2D eigenvalue weighted by molar-refractivity contribution is 5.94. The van der Waals surface area contributed by atoms with Crippen LogP contribution >= 0.6 is 0 Å². The number of nitrogens with one attached hydrogen (secondary N) is 3. The topological polar surface area (TPSA) is 215 Å². The third-order valence-electron chi connectivity index (χ3n) is 5.76. The Hall–Kier alpha value is -2.89. The zero-order valence-electron chi connectivity index (χ0n) is 22.5. The van der Waals surface area contributed by atoms with Gasteiger partial charge in [0.25, 0.3) is 0 Å². The van der Waals surface area contributed by atoms with Crippen LogP contribution in [0.1, 0.15) is 73.6 Å². The summed E-state index contributed by atoms with van der Waals surface area (Å²) in [4.78, 5) is 54.3. The van der Waals surface area contributed by atoms with E-state index in [4.69, 9.17) is 17.2 Å². The Labute approximate surface area is 214 Å². The maximum absolute atomic E-state index is 13.2. The summed E-state index contributed by atoms with van der Waals surface area (Å²) < 4.78 is 0. The SMILES string of the molecule is CCC(C)C(NC(=O)C(N)CC(C)C)C(=O)NC(CC(C)C)C(=O)NC(CCCN=C(N)N)C(=O)O. The Balaban J connectivity index is 5.51. The molecule has 0 bridgehead atoms. The first-order valence-electron chi connectivity index (χ1n) is 12.6. The van der Waals surface area contributed by atoms with Crippen LogP contribution in [0, 0.1) is 17.8 Å². The number of guanidine groups is 1. The molecule has 0 spiro atoms. The maximum atomic E-state index is 13.2. The van der Waals surface area contributed by atoms with Crippen molar-refractivity contribution in [2.45, 2.75) is 97.8 Å². The normalized spacial score (nSPS) is 15.4. The van der Waals surface area contributed by atoms with E-state index in [0.29, 0.717) is 19.3 Å². The van der Waals surface area contributed by atoms with Gasteiger partial charge in [-0.15, -0.1) is 0 Å². The van der Waals surface area contributed by atoms with Crippen molar-refractivity contribution in [3.8, 4) is 0 Å². The molecule has 0 saturated heterocycles. The smallest absolute Gasteiger partial charge is 0.326 e. The van der Waals surface area contributed by atoms with Crippen LogP contribution in [0.15, 0.2) is 4.99 Å². The largest absolute Gasteiger partial charge is 0.480 e. The minimum atomic E-state index is -1.20. The number of carboxylic acids is 1. The molecule has 208 valence electrons. The summed E-state index contributed by atoms with van der Waals surface area (Å²) in [6.07, 6.45) is 1.81. The van der Waals surface area contributed by atoms with Gasteiger partial charge in [0.05, 0.1) is 6.04 Å². The molecule has 12 heteroatoms. The van der Waals surface area contributed by atoms with Crippen LogP contribution in [-0.4, -0.2) is 65.5 Å². The van der Waals surface area contributed by atoms with Gasteiger partial charge in [0.1, 0.15) is 18.1 Å². The average Bonchev–Trinajstić information content (AvgIpc) is 2.76. The van der Waals surface area contributed by atoms with Gasteiger partial charge in [0.2, 0.25) is 17.7 Å². The Morgan fingerprint density at radius 3 is 1.86 bits per heavy atom. The minimum absolute atomic E-state index is 0.0299. The summed E-state index contributed by atoms with van der Waals surface area (Å²) in [5.41, 5.74) is 16.5. The first kappa shape index (κ1) is 33.1. The predicted molar refractivity (Wildman–Crippen MR) is 140 cm³/mol. The molecule has 3 amide bonds. The fourth-order valence-electron chi connectivity index (χ4n) is 3.57. The first-order valence-corrected chi connectivity index (χ1v) is 12.6. The number of amides is 3. The number of nitrogens with two attached hydrogens (primary N) is 3. The molecular formula is C24H47N7O5. The van der Waals surface area contributed by atoms with E-state index < -0.39 is 47.9 Å². The summed E-state index contributed by atoms with van der Waals surface area (Å²) in [7, 11) is 0. The Kier molecular flexibility index (Phi) is 15.4. The Bertz CT molecular complexity index is 753. The highest BCUT2D eigenvalue weighted by Crippen LogP contribution is 2.12. The standard InChI is InChI=1S/C24H47N7O5/c1-7-15(6)19(31-20(32)16(25)11-13(2)3)22(34)30-18(12-14(4)5)21(33)29-17(23(35)36)9-8-10-28-24(26)27/h13-19H,7-12,25H2,1-6H3,(H,29,33)(H,30,34)(H,31,32)(H,35,36)(H4,26,27,28). The second-order valence-electron chi connectivity index (χ2n) is 10.1. The van der Waals surface area contributed by atoms with E-state index in [1.807, 2.05) is 41.5 Å². The molecule has 0 aromatic rings. The number of aliphatic carboxylic acids is 1. The molecule has 0 aromatic heterocycles. The molecule has 0 aromatic carbocycles. The van der Waals surface area contributed by atoms with Crippen LogP contribution in [0.5, 0.6) is 0 Å². The Morgan fingerprint density at radius 2 is 1.39 bits per heavy atom. The van der Waals surface area contributed by atoms with Gasteiger partial charge in [-0.1, -0.05) is 48.0 Å². The molecule has 0 heterocycles. The van der Waals surface area contributed by atoms with Crippen LogP contribution in [0.2, 0.25) is 0 Å². The van der Waals surface area contributed by atoms with Crippen LogP contribution in [0.3, 0.4) is 0 Å². The highest BCUT2D eigenvalue weighted by atomic mass is 16.4. The van der Waals surface area contributed by atoms with Gasteiger partial charge in [0, 0.05) is 6.54 Å². The number of hydrogen-bond acceptors (Lipinski definition) is 6. The van der Waals surface area contributed by atoms with Crippen molar-refractivity contribution in [3.63, 3.8) is 0 Å². The lowest BCUT2D eigenvalue weighted by atomic mass is 9.95. The number of nitrogens with zero attached hydrogens (tertiary/aromatic N) is 1. The summed E-state index contributed by atoms with van der Waals surface area (Å²) in [6.45, 7) is 11.6. The number of aliphatic imine (C=N–C) groups is 1. The fraction of sp³-hybridized carbons (Fsp3) is 0.792. The average molecular weight is 514 g/mol. The molecule has 0 radical (unpaired) electrons. The van der Waals surface area contributed by atoms with E-state index in [1.54, 1.807) is 0 Å². The number of rotatable bonds is 17. The van der Waals surface area contributed by atoms with Crippen molar-refractivity contribution in [1.82, 2.24) is 16.0 Å². The minimum Gasteiger partial charge on any atom is -0.480 e. The van der Waals surface area contributed by atoms with Gasteiger partial charge in [-0.05, 0) is 43.4 Å². The lowest BCUT2D eigenvalue weighted by Crippen LogP contribution is -2.58. The number of carbonyl (C=O) groups is 4. The van der Waals surface area contributed by atoms with Crippen LogP contribution in [0.25, 0.3) is 0 Å². The van der Waals surface area contributed by atoms with Crippen molar-refractivity contribution >= 4 is 29.7 Å². The van der Waals surface area contributed by atoms with Gasteiger partial charge >= 0.3 is 5.97 Å². The molecule has 10 N–H and O–H groups in total. The molecule has 36 heavy (non-hydrogen) atoms. The lowest BCUT2D eigenvalue weighted by Gasteiger charge is -2.28. The van der Waals surface area contributed by atoms with Crippen molar-refractivity contribution in [1.29, 1.82) is 0 Å². The predicted octanol–water partition coefficient (Wildman–Crippen LogP) is 0.0446. The molecule has 0 saturated carbocycles. The van der Waals surface area contributed by atoms with Crippen LogP contribution < -0.4 is 33.2 Å². The zero-order valence-corrected chi connectivity index (χ0v) is 22.5. The van der Waals surface area contributed by atoms with Crippen molar-refractivity contribution < 1.29 is 24.3 Å². The molecule has 0 fully saturated rings. The molecule has 5 atom stereocenters. The molecular weight excluding hydrogens is 466 g/mol. The summed E-state index contributed by atoms with van der Waals surface area (Å²) >= 11 is 0. The molecule has 0 aliphatic rings. The molecule has 0 aliphatic carbocycles. The van der Waals surface area contributed by atoms with Crippen molar-refractivity contribution in [2.24, 2.45) is 39.9 Å². The van der Waals surface area contributed by atoms with E-state index in [0.717, 1.165) is 0 Å². The van der Waals surface area contributed by atoms with Crippen molar-refractivity contribution in [2.75, 3.05) is 6.54 Å². The van der Waals surface area contributed by atoms with Gasteiger partial charge in [-0.2, -0.15) is 0 Å². The summed E-state index contributed by atoms with van der Waals surface area (Å²) in [6, 6.07) is -3.80. The van der Waals surface area contributed by atoms with Crippen LogP contribution in [0.4, 0.5) is 0 Å². The summed E-state index contributed by atoms with van der Waals surface area (Å²) in [5, 5.41) is 17.5. The van der Waals surface area contributed by atoms with Gasteiger partial charge in [-0.25, -0.2) is 4.79 Å². The van der Waals surface area contributed by atoms with Gasteiger partial charge in [0.15, 0.2) is 5.96 Å². The van der Waals surface area contributed by atoms with E-state index in [2.05, 4.69) is 20.9 Å². The summed E-state index contributed by atoms with van der Waals surface area (Å²) in [5.74, 6) is -2.84. The number of hydrogen-bond donors (Lipinski definition) is 7. The lowest BCUT2D eigenvalue weighted by molar-refractivity contribution is -0.142.